The summed E-state index contributed by atoms with van der Waals surface area (Å²) in [4.78, 5) is 14.5. The van der Waals surface area contributed by atoms with E-state index in [0.717, 1.165) is 30.0 Å². The average molecular weight is 355 g/mol. The Morgan fingerprint density at radius 2 is 1.92 bits per heavy atom. The molecule has 4 N–H and O–H groups in total. The SMILES string of the molecule is Cc1c(NC(=O)NC[C@@H](O)c2cccc(O)c2)cccc1N1CCCC1. The molecule has 138 valence electrons. The van der Waals surface area contributed by atoms with Crippen LogP contribution in [0.4, 0.5) is 16.2 Å². The van der Waals surface area contributed by atoms with Gasteiger partial charge >= 0.3 is 6.03 Å². The van der Waals surface area contributed by atoms with Gasteiger partial charge in [-0.15, -0.1) is 0 Å². The molecule has 1 heterocycles. The van der Waals surface area contributed by atoms with E-state index in [9.17, 15) is 15.0 Å². The zero-order valence-electron chi connectivity index (χ0n) is 14.9. The quantitative estimate of drug-likeness (QED) is 0.664. The van der Waals surface area contributed by atoms with Crippen LogP contribution in [0.5, 0.6) is 5.75 Å². The first-order chi connectivity index (χ1) is 12.5. The van der Waals surface area contributed by atoms with Crippen LogP contribution in [0, 0.1) is 6.92 Å². The van der Waals surface area contributed by atoms with Crippen molar-refractivity contribution >= 4 is 17.4 Å². The second-order valence-corrected chi connectivity index (χ2v) is 6.59. The van der Waals surface area contributed by atoms with Crippen molar-refractivity contribution in [2.75, 3.05) is 29.9 Å². The number of aromatic hydroxyl groups is 1. The number of nitrogens with zero attached hydrogens (tertiary/aromatic N) is 1. The Labute approximate surface area is 153 Å². The van der Waals surface area contributed by atoms with Gasteiger partial charge in [-0.1, -0.05) is 18.2 Å². The topological polar surface area (TPSA) is 84.8 Å². The van der Waals surface area contributed by atoms with Gasteiger partial charge in [-0.25, -0.2) is 4.79 Å². The fraction of sp³-hybridized carbons (Fsp3) is 0.350. The molecule has 2 aromatic carbocycles. The van der Waals surface area contributed by atoms with Crippen LogP contribution >= 0.6 is 0 Å². The minimum absolute atomic E-state index is 0.0557. The summed E-state index contributed by atoms with van der Waals surface area (Å²) in [6.45, 7) is 4.16. The summed E-state index contributed by atoms with van der Waals surface area (Å²) in [6, 6.07) is 11.9. The Kier molecular flexibility index (Phi) is 5.63. The zero-order chi connectivity index (χ0) is 18.5. The number of carbonyl (C=O) groups is 1. The number of carbonyl (C=O) groups excluding carboxylic acids is 1. The lowest BCUT2D eigenvalue weighted by Gasteiger charge is -2.22. The van der Waals surface area contributed by atoms with E-state index in [0.29, 0.717) is 5.56 Å². The Morgan fingerprint density at radius 1 is 1.19 bits per heavy atom. The standard InChI is InChI=1S/C20H25N3O3/c1-14-17(8-5-9-18(14)23-10-2-3-11-23)22-20(26)21-13-19(25)15-6-4-7-16(24)12-15/h4-9,12,19,24-25H,2-3,10-11,13H2,1H3,(H2,21,22,26)/t19-/m1/s1. The number of amides is 2. The summed E-state index contributed by atoms with van der Waals surface area (Å²) in [5, 5.41) is 25.1. The van der Waals surface area contributed by atoms with Crippen LogP contribution in [0.3, 0.4) is 0 Å². The minimum atomic E-state index is -0.884. The van der Waals surface area contributed by atoms with Gasteiger partial charge in [0.2, 0.25) is 0 Å². The van der Waals surface area contributed by atoms with Gasteiger partial charge in [0, 0.05) is 31.0 Å². The maximum atomic E-state index is 12.2. The second-order valence-electron chi connectivity index (χ2n) is 6.59. The summed E-state index contributed by atoms with van der Waals surface area (Å²) in [5.74, 6) is 0.0837. The average Bonchev–Trinajstić information content (AvgIpc) is 3.16. The minimum Gasteiger partial charge on any atom is -0.508 e. The lowest BCUT2D eigenvalue weighted by molar-refractivity contribution is 0.175. The van der Waals surface area contributed by atoms with Crippen LogP contribution in [0.2, 0.25) is 0 Å². The molecule has 0 unspecified atom stereocenters. The molecule has 0 aromatic heterocycles. The van der Waals surface area contributed by atoms with Crippen LogP contribution in [-0.4, -0.2) is 35.9 Å². The Hall–Kier alpha value is -2.73. The Balaban J connectivity index is 1.59. The number of nitrogens with one attached hydrogen (secondary N) is 2. The van der Waals surface area contributed by atoms with Gasteiger partial charge in [-0.3, -0.25) is 0 Å². The molecule has 1 atom stereocenters. The molecule has 0 radical (unpaired) electrons. The lowest BCUT2D eigenvalue weighted by Crippen LogP contribution is -2.32. The number of phenols is 1. The maximum absolute atomic E-state index is 12.2. The van der Waals surface area contributed by atoms with Crippen molar-refractivity contribution in [2.45, 2.75) is 25.9 Å². The maximum Gasteiger partial charge on any atom is 0.319 e. The van der Waals surface area contributed by atoms with Gasteiger partial charge < -0.3 is 25.7 Å². The van der Waals surface area contributed by atoms with Crippen LogP contribution < -0.4 is 15.5 Å². The van der Waals surface area contributed by atoms with Gasteiger partial charge in [0.1, 0.15) is 5.75 Å². The Morgan fingerprint density at radius 3 is 2.65 bits per heavy atom. The summed E-state index contributed by atoms with van der Waals surface area (Å²) in [7, 11) is 0. The highest BCUT2D eigenvalue weighted by Crippen LogP contribution is 2.29. The van der Waals surface area contributed by atoms with E-state index in [2.05, 4.69) is 21.6 Å². The molecular weight excluding hydrogens is 330 g/mol. The number of hydrogen-bond acceptors (Lipinski definition) is 4. The van der Waals surface area contributed by atoms with Crippen molar-refractivity contribution in [1.82, 2.24) is 5.32 Å². The highest BCUT2D eigenvalue weighted by Gasteiger charge is 2.17. The Bertz CT molecular complexity index is 773. The third-order valence-corrected chi connectivity index (χ3v) is 4.71. The van der Waals surface area contributed by atoms with Gasteiger partial charge in [0.05, 0.1) is 6.10 Å². The van der Waals surface area contributed by atoms with Gasteiger partial charge in [0.25, 0.3) is 0 Å². The van der Waals surface area contributed by atoms with E-state index in [4.69, 9.17) is 0 Å². The molecule has 1 aliphatic heterocycles. The number of phenolic OH excluding ortho intramolecular Hbond substituents is 1. The van der Waals surface area contributed by atoms with Crippen molar-refractivity contribution in [3.63, 3.8) is 0 Å². The van der Waals surface area contributed by atoms with Crippen molar-refractivity contribution in [3.05, 3.63) is 53.6 Å². The van der Waals surface area contributed by atoms with Gasteiger partial charge in [-0.05, 0) is 55.2 Å². The number of benzene rings is 2. The predicted octanol–water partition coefficient (Wildman–Crippen LogP) is 3.16. The molecule has 1 fully saturated rings. The first-order valence-electron chi connectivity index (χ1n) is 8.91. The number of rotatable bonds is 5. The molecule has 1 saturated heterocycles. The summed E-state index contributed by atoms with van der Waals surface area (Å²) in [5.41, 5.74) is 3.51. The fourth-order valence-corrected chi connectivity index (χ4v) is 3.27. The summed E-state index contributed by atoms with van der Waals surface area (Å²) < 4.78 is 0. The fourth-order valence-electron chi connectivity index (χ4n) is 3.27. The molecule has 1 aliphatic rings. The first kappa shape index (κ1) is 18.1. The molecule has 6 nitrogen and oxygen atoms in total. The van der Waals surface area contributed by atoms with Crippen molar-refractivity contribution in [3.8, 4) is 5.75 Å². The zero-order valence-corrected chi connectivity index (χ0v) is 14.9. The normalized spacial score (nSPS) is 14.9. The van der Waals surface area contributed by atoms with Gasteiger partial charge in [-0.2, -0.15) is 0 Å². The molecule has 0 aliphatic carbocycles. The van der Waals surface area contributed by atoms with Crippen LogP contribution in [-0.2, 0) is 0 Å². The molecule has 0 saturated carbocycles. The van der Waals surface area contributed by atoms with Crippen LogP contribution in [0.15, 0.2) is 42.5 Å². The second kappa shape index (κ2) is 8.10. The van der Waals surface area contributed by atoms with Crippen LogP contribution in [0.1, 0.15) is 30.1 Å². The van der Waals surface area contributed by atoms with Crippen molar-refractivity contribution in [2.24, 2.45) is 0 Å². The molecule has 0 bridgehead atoms. The molecular formula is C20H25N3O3. The van der Waals surface area contributed by atoms with E-state index >= 15 is 0 Å². The smallest absolute Gasteiger partial charge is 0.319 e. The van der Waals surface area contributed by atoms with Crippen molar-refractivity contribution < 1.29 is 15.0 Å². The number of hydrogen-bond donors (Lipinski definition) is 4. The monoisotopic (exact) mass is 355 g/mol. The summed E-state index contributed by atoms with van der Waals surface area (Å²) in [6.07, 6.45) is 1.51. The van der Waals surface area contributed by atoms with E-state index < -0.39 is 6.10 Å². The van der Waals surface area contributed by atoms with E-state index in [1.807, 2.05) is 19.1 Å². The van der Waals surface area contributed by atoms with E-state index in [1.165, 1.54) is 25.0 Å². The predicted molar refractivity (Wildman–Crippen MR) is 103 cm³/mol. The molecule has 3 rings (SSSR count). The third kappa shape index (κ3) is 4.26. The molecule has 6 heteroatoms. The third-order valence-electron chi connectivity index (χ3n) is 4.71. The van der Waals surface area contributed by atoms with E-state index in [-0.39, 0.29) is 18.3 Å². The first-order valence-corrected chi connectivity index (χ1v) is 8.91. The number of anilines is 2. The van der Waals surface area contributed by atoms with Crippen LogP contribution in [0.25, 0.3) is 0 Å². The molecule has 0 spiro atoms. The molecule has 2 aromatic rings. The molecule has 26 heavy (non-hydrogen) atoms. The number of urea groups is 1. The van der Waals surface area contributed by atoms with E-state index in [1.54, 1.807) is 12.1 Å². The highest BCUT2D eigenvalue weighted by atomic mass is 16.3. The van der Waals surface area contributed by atoms with Gasteiger partial charge in [0.15, 0.2) is 0 Å². The highest BCUT2D eigenvalue weighted by molar-refractivity contribution is 5.91. The van der Waals surface area contributed by atoms with Crippen molar-refractivity contribution in [1.29, 1.82) is 0 Å². The number of aliphatic hydroxyl groups excluding tert-OH is 1. The summed E-state index contributed by atoms with van der Waals surface area (Å²) >= 11 is 0. The molecule has 2 amide bonds. The number of aliphatic hydroxyl groups is 1. The largest absolute Gasteiger partial charge is 0.508 e. The lowest BCUT2D eigenvalue weighted by atomic mass is 10.1.